The van der Waals surface area contributed by atoms with Crippen molar-refractivity contribution in [1.29, 1.82) is 0 Å². The number of hydrogen-bond acceptors (Lipinski definition) is 6. The van der Waals surface area contributed by atoms with E-state index in [-0.39, 0.29) is 31.1 Å². The highest BCUT2D eigenvalue weighted by molar-refractivity contribution is 5.71. The van der Waals surface area contributed by atoms with Gasteiger partial charge in [0.15, 0.2) is 6.10 Å². The normalized spacial score (nSPS) is 13.1. The molecule has 0 spiro atoms. The molecular formula is C73H118O6. The van der Waals surface area contributed by atoms with Crippen molar-refractivity contribution in [3.63, 3.8) is 0 Å². The molecule has 0 aromatic carbocycles. The average Bonchev–Trinajstić information content (AvgIpc) is 3.45. The number of ether oxygens (including phenoxy) is 3. The zero-order chi connectivity index (χ0) is 57.1. The minimum Gasteiger partial charge on any atom is -0.462 e. The van der Waals surface area contributed by atoms with Gasteiger partial charge in [0, 0.05) is 19.3 Å². The fraction of sp³-hybridized carbons (Fsp3) is 0.630. The Morgan fingerprint density at radius 1 is 0.266 bits per heavy atom. The van der Waals surface area contributed by atoms with Crippen molar-refractivity contribution in [2.24, 2.45) is 0 Å². The Morgan fingerprint density at radius 2 is 0.494 bits per heavy atom. The second kappa shape index (κ2) is 65.8. The molecule has 6 nitrogen and oxygen atoms in total. The van der Waals surface area contributed by atoms with Crippen LogP contribution in [0.25, 0.3) is 0 Å². The van der Waals surface area contributed by atoms with Gasteiger partial charge in [0.05, 0.1) is 0 Å². The van der Waals surface area contributed by atoms with Gasteiger partial charge >= 0.3 is 17.9 Å². The summed E-state index contributed by atoms with van der Waals surface area (Å²) < 4.78 is 16.9. The molecule has 0 aromatic rings. The van der Waals surface area contributed by atoms with Crippen molar-refractivity contribution in [3.05, 3.63) is 146 Å². The van der Waals surface area contributed by atoms with Crippen LogP contribution in [0.1, 0.15) is 278 Å². The van der Waals surface area contributed by atoms with Crippen LogP contribution in [-0.2, 0) is 28.6 Å². The lowest BCUT2D eigenvalue weighted by Gasteiger charge is -2.18. The molecule has 0 rings (SSSR count). The third-order valence-corrected chi connectivity index (χ3v) is 13.3. The smallest absolute Gasteiger partial charge is 0.306 e. The maximum Gasteiger partial charge on any atom is 0.306 e. The Labute approximate surface area is 487 Å². The summed E-state index contributed by atoms with van der Waals surface area (Å²) in [7, 11) is 0. The van der Waals surface area contributed by atoms with E-state index in [9.17, 15) is 14.4 Å². The lowest BCUT2D eigenvalue weighted by Crippen LogP contribution is -2.30. The zero-order valence-corrected chi connectivity index (χ0v) is 51.1. The molecule has 0 aromatic heterocycles. The fourth-order valence-corrected chi connectivity index (χ4v) is 8.51. The summed E-state index contributed by atoms with van der Waals surface area (Å²) in [4.78, 5) is 38.2. The van der Waals surface area contributed by atoms with Crippen LogP contribution in [0.3, 0.4) is 0 Å². The molecule has 0 heterocycles. The summed E-state index contributed by atoms with van der Waals surface area (Å²) in [5.41, 5.74) is 0. The van der Waals surface area contributed by atoms with E-state index < -0.39 is 6.10 Å². The maximum atomic E-state index is 12.9. The van der Waals surface area contributed by atoms with Crippen LogP contribution in [0.15, 0.2) is 146 Å². The molecule has 0 saturated carbocycles. The third-order valence-electron chi connectivity index (χ3n) is 13.3. The fourth-order valence-electron chi connectivity index (χ4n) is 8.51. The van der Waals surface area contributed by atoms with E-state index in [0.29, 0.717) is 19.3 Å². The summed E-state index contributed by atoms with van der Waals surface area (Å²) in [6, 6.07) is 0. The summed E-state index contributed by atoms with van der Waals surface area (Å²) >= 11 is 0. The van der Waals surface area contributed by atoms with Gasteiger partial charge in [-0.1, -0.05) is 269 Å². The Balaban J connectivity index is 4.27. The predicted octanol–water partition coefficient (Wildman–Crippen LogP) is 22.3. The molecule has 0 fully saturated rings. The summed E-state index contributed by atoms with van der Waals surface area (Å²) in [6.45, 7) is 6.35. The van der Waals surface area contributed by atoms with Crippen LogP contribution in [0, 0.1) is 0 Å². The highest BCUT2D eigenvalue weighted by Gasteiger charge is 2.19. The molecule has 79 heavy (non-hydrogen) atoms. The molecule has 1 unspecified atom stereocenters. The lowest BCUT2D eigenvalue weighted by molar-refractivity contribution is -0.167. The second-order valence-corrected chi connectivity index (χ2v) is 20.9. The van der Waals surface area contributed by atoms with E-state index in [1.54, 1.807) is 0 Å². The molecule has 446 valence electrons. The molecule has 0 radical (unpaired) electrons. The number of esters is 3. The molecule has 0 saturated heterocycles. The molecule has 0 amide bonds. The Hall–Kier alpha value is -4.71. The van der Waals surface area contributed by atoms with Crippen molar-refractivity contribution in [3.8, 4) is 0 Å². The van der Waals surface area contributed by atoms with Crippen molar-refractivity contribution in [2.75, 3.05) is 13.2 Å². The van der Waals surface area contributed by atoms with Gasteiger partial charge in [-0.15, -0.1) is 0 Å². The van der Waals surface area contributed by atoms with Gasteiger partial charge in [-0.25, -0.2) is 0 Å². The number of unbranched alkanes of at least 4 members (excludes halogenated alkanes) is 22. The first kappa shape index (κ1) is 74.3. The van der Waals surface area contributed by atoms with E-state index in [0.717, 1.165) is 154 Å². The third kappa shape index (κ3) is 64.0. The van der Waals surface area contributed by atoms with E-state index in [1.807, 2.05) is 0 Å². The Kier molecular flexibility index (Phi) is 61.9. The molecule has 1 atom stereocenters. The van der Waals surface area contributed by atoms with Crippen molar-refractivity contribution < 1.29 is 28.6 Å². The van der Waals surface area contributed by atoms with Gasteiger partial charge in [0.2, 0.25) is 0 Å². The van der Waals surface area contributed by atoms with Gasteiger partial charge in [-0.05, 0) is 135 Å². The molecule has 0 bridgehead atoms. The minimum atomic E-state index is -0.796. The molecule has 0 aliphatic heterocycles. The SMILES string of the molecule is CC/C=C\C/C=C\C/C=C\C/C=C\C/C=C\C/C=C\C/C=C\C/C=C\CCCCCCCCCCC(=O)OCC(COC(=O)CCCCCCC/C=C\CCCC)OC(=O)CCCCCCCCC/C=C\C/C=C\C/C=C\CC. The number of carbonyl (C=O) groups is 3. The van der Waals surface area contributed by atoms with Crippen LogP contribution in [-0.4, -0.2) is 37.2 Å². The average molecular weight is 1090 g/mol. The standard InChI is InChI=1S/C73H118O6/c1-4-7-10-13-16-19-22-24-26-28-29-30-31-32-33-34-35-36-37-38-39-40-41-42-43-45-46-48-51-54-57-60-63-66-72(75)78-69-70(68-77-71(74)65-62-59-56-53-50-21-18-15-12-9-6-3)79-73(76)67-64-61-58-55-52-49-47-44-27-25-23-20-17-14-11-8-5-2/h7-8,10-11,15-20,24-27,29-30,32-33,35-36,38-39,41-42,70H,4-6,9,12-14,21-23,28,31,34,37,40,43-69H2,1-3H3/b10-7-,11-8-,18-15-,19-16-,20-17-,26-24-,27-25-,30-29-,33-32-,36-35-,39-38-,42-41-. The Bertz CT molecular complexity index is 1730. The first-order chi connectivity index (χ1) is 39.0. The van der Waals surface area contributed by atoms with Crippen molar-refractivity contribution in [1.82, 2.24) is 0 Å². The first-order valence-corrected chi connectivity index (χ1v) is 32.3. The summed E-state index contributed by atoms with van der Waals surface area (Å²) in [5, 5.41) is 0. The number of hydrogen-bond donors (Lipinski definition) is 0. The Morgan fingerprint density at radius 3 is 0.785 bits per heavy atom. The quantitative estimate of drug-likeness (QED) is 0.0261. The highest BCUT2D eigenvalue weighted by Crippen LogP contribution is 2.15. The molecule has 0 aliphatic rings. The van der Waals surface area contributed by atoms with E-state index >= 15 is 0 Å². The first-order valence-electron chi connectivity index (χ1n) is 32.3. The van der Waals surface area contributed by atoms with Crippen LogP contribution in [0.4, 0.5) is 0 Å². The van der Waals surface area contributed by atoms with E-state index in [2.05, 4.69) is 167 Å². The van der Waals surface area contributed by atoms with E-state index in [1.165, 1.54) is 83.5 Å². The van der Waals surface area contributed by atoms with E-state index in [4.69, 9.17) is 14.2 Å². The monoisotopic (exact) mass is 1090 g/mol. The lowest BCUT2D eigenvalue weighted by atomic mass is 10.1. The van der Waals surface area contributed by atoms with Crippen molar-refractivity contribution in [2.45, 2.75) is 284 Å². The molecular weight excluding hydrogens is 973 g/mol. The van der Waals surface area contributed by atoms with Gasteiger partial charge in [-0.3, -0.25) is 14.4 Å². The topological polar surface area (TPSA) is 78.9 Å². The number of allylic oxidation sites excluding steroid dienone is 24. The number of carbonyl (C=O) groups excluding carboxylic acids is 3. The summed E-state index contributed by atoms with van der Waals surface area (Å²) in [5.74, 6) is -0.921. The van der Waals surface area contributed by atoms with Crippen LogP contribution >= 0.6 is 0 Å². The number of rotatable bonds is 57. The van der Waals surface area contributed by atoms with Crippen LogP contribution in [0.5, 0.6) is 0 Å². The highest BCUT2D eigenvalue weighted by atomic mass is 16.6. The maximum absolute atomic E-state index is 12.9. The largest absolute Gasteiger partial charge is 0.462 e. The second-order valence-electron chi connectivity index (χ2n) is 20.9. The minimum absolute atomic E-state index is 0.0926. The van der Waals surface area contributed by atoms with Gasteiger partial charge in [-0.2, -0.15) is 0 Å². The van der Waals surface area contributed by atoms with Gasteiger partial charge in [0.25, 0.3) is 0 Å². The van der Waals surface area contributed by atoms with Crippen LogP contribution in [0.2, 0.25) is 0 Å². The molecule has 6 heteroatoms. The van der Waals surface area contributed by atoms with Crippen molar-refractivity contribution >= 4 is 17.9 Å². The summed E-state index contributed by atoms with van der Waals surface area (Å²) in [6.07, 6.45) is 94.3. The predicted molar refractivity (Wildman–Crippen MR) is 343 cm³/mol. The van der Waals surface area contributed by atoms with Crippen LogP contribution < -0.4 is 0 Å². The van der Waals surface area contributed by atoms with Gasteiger partial charge < -0.3 is 14.2 Å². The molecule has 0 aliphatic carbocycles. The zero-order valence-electron chi connectivity index (χ0n) is 51.1. The van der Waals surface area contributed by atoms with Gasteiger partial charge in [0.1, 0.15) is 13.2 Å². The molecule has 0 N–H and O–H groups in total.